The number of hydrogen-bond acceptors (Lipinski definition) is 8. The Morgan fingerprint density at radius 3 is 2.56 bits per heavy atom. The normalized spacial score (nSPS) is 22.0. The van der Waals surface area contributed by atoms with Crippen LogP contribution in [0, 0.1) is 5.92 Å². The van der Waals surface area contributed by atoms with Gasteiger partial charge in [-0.3, -0.25) is 23.7 Å². The zero-order valence-electron chi connectivity index (χ0n) is 16.9. The largest absolute Gasteiger partial charge is 0.469 e. The van der Waals surface area contributed by atoms with Crippen molar-refractivity contribution >= 4 is 46.6 Å². The van der Waals surface area contributed by atoms with Crippen LogP contribution in [-0.4, -0.2) is 34.2 Å². The first-order valence-electron chi connectivity index (χ1n) is 10.0. The average molecular weight is 471 g/mol. The molecule has 0 aliphatic carbocycles. The maximum Gasteiger partial charge on any atom is 0.326 e. The number of nitrogens with zero attached hydrogens (tertiary/aromatic N) is 2. The molecule has 1 saturated heterocycles. The van der Waals surface area contributed by atoms with Crippen molar-refractivity contribution in [1.82, 2.24) is 4.57 Å². The van der Waals surface area contributed by atoms with Crippen molar-refractivity contribution in [2.45, 2.75) is 29.7 Å². The molecule has 0 radical (unpaired) electrons. The van der Waals surface area contributed by atoms with Gasteiger partial charge in [-0.1, -0.05) is 41.3 Å². The van der Waals surface area contributed by atoms with Gasteiger partial charge in [0.1, 0.15) is 17.6 Å². The topological polar surface area (TPSA) is 98.8 Å². The lowest BCUT2D eigenvalue weighted by atomic mass is 9.87. The van der Waals surface area contributed by atoms with Crippen LogP contribution in [0.1, 0.15) is 23.5 Å². The molecule has 8 nitrogen and oxygen atoms in total. The predicted molar refractivity (Wildman–Crippen MR) is 118 cm³/mol. The molecule has 3 aromatic rings. The number of benzene rings is 1. The Hall–Kier alpha value is -3.11. The van der Waals surface area contributed by atoms with Crippen LogP contribution in [0.4, 0.5) is 5.69 Å². The lowest BCUT2D eigenvalue weighted by Crippen LogP contribution is -2.32. The fourth-order valence-corrected chi connectivity index (χ4v) is 6.95. The number of thioether (sulfide) groups is 1. The summed E-state index contributed by atoms with van der Waals surface area (Å²) in [6.45, 7) is 1.64. The number of anilines is 1. The molecule has 2 aromatic heterocycles. The molecule has 0 saturated carbocycles. The van der Waals surface area contributed by atoms with E-state index in [1.807, 2.05) is 6.07 Å². The van der Waals surface area contributed by atoms with Crippen LogP contribution in [0.25, 0.3) is 0 Å². The third kappa shape index (κ3) is 3.21. The summed E-state index contributed by atoms with van der Waals surface area (Å²) in [6, 6.07) is 12.2. The van der Waals surface area contributed by atoms with Crippen LogP contribution in [0.5, 0.6) is 0 Å². The summed E-state index contributed by atoms with van der Waals surface area (Å²) in [5.74, 6) is -2.03. The minimum absolute atomic E-state index is 0.200. The molecule has 10 heteroatoms. The summed E-state index contributed by atoms with van der Waals surface area (Å²) in [5, 5.41) is -0.237. The van der Waals surface area contributed by atoms with Crippen LogP contribution >= 0.6 is 23.1 Å². The minimum atomic E-state index is -0.743. The molecular formula is C22H18N2O6S2. The second kappa shape index (κ2) is 8.10. The van der Waals surface area contributed by atoms with Gasteiger partial charge in [-0.2, -0.15) is 0 Å². The van der Waals surface area contributed by atoms with Crippen LogP contribution in [-0.2, 0) is 25.7 Å². The van der Waals surface area contributed by atoms with Crippen molar-refractivity contribution < 1.29 is 23.5 Å². The van der Waals surface area contributed by atoms with Crippen molar-refractivity contribution in [3.8, 4) is 0 Å². The van der Waals surface area contributed by atoms with Gasteiger partial charge in [0.25, 0.3) is 0 Å². The summed E-state index contributed by atoms with van der Waals surface area (Å²) in [4.78, 5) is 53.3. The molecule has 164 valence electrons. The third-order valence-corrected chi connectivity index (χ3v) is 8.11. The Balaban J connectivity index is 1.63. The number of thiazole rings is 1. The lowest BCUT2D eigenvalue weighted by Gasteiger charge is -2.28. The minimum Gasteiger partial charge on any atom is -0.469 e. The number of carbonyl (C=O) groups is 3. The highest BCUT2D eigenvalue weighted by molar-refractivity contribution is 8.00. The number of imide groups is 1. The van der Waals surface area contributed by atoms with Gasteiger partial charge >= 0.3 is 10.8 Å². The third-order valence-electron chi connectivity index (χ3n) is 5.51. The molecule has 32 heavy (non-hydrogen) atoms. The zero-order valence-corrected chi connectivity index (χ0v) is 18.6. The second-order valence-corrected chi connectivity index (χ2v) is 9.46. The number of ether oxygens (including phenoxy) is 1. The number of esters is 1. The van der Waals surface area contributed by atoms with Crippen molar-refractivity contribution in [3.63, 3.8) is 0 Å². The first-order chi connectivity index (χ1) is 15.5. The van der Waals surface area contributed by atoms with Crippen LogP contribution in [0.3, 0.4) is 0 Å². The van der Waals surface area contributed by atoms with E-state index >= 15 is 0 Å². The van der Waals surface area contributed by atoms with Gasteiger partial charge in [0.2, 0.25) is 11.8 Å². The second-order valence-electron chi connectivity index (χ2n) is 7.33. The number of aromatic nitrogens is 1. The molecule has 2 aliphatic heterocycles. The van der Waals surface area contributed by atoms with E-state index in [9.17, 15) is 19.2 Å². The Labute approximate surface area is 190 Å². The zero-order chi connectivity index (χ0) is 22.4. The van der Waals surface area contributed by atoms with E-state index in [-0.39, 0.29) is 29.8 Å². The van der Waals surface area contributed by atoms with Gasteiger partial charge in [-0.15, -0.1) is 0 Å². The Morgan fingerprint density at radius 2 is 1.88 bits per heavy atom. The van der Waals surface area contributed by atoms with Crippen molar-refractivity contribution in [1.29, 1.82) is 0 Å². The van der Waals surface area contributed by atoms with E-state index < -0.39 is 23.1 Å². The number of rotatable bonds is 5. The molecule has 0 spiro atoms. The molecular weight excluding hydrogens is 452 g/mol. The fraction of sp³-hybridized carbons (Fsp3) is 0.273. The highest BCUT2D eigenvalue weighted by Crippen LogP contribution is 2.53. The maximum absolute atomic E-state index is 13.5. The SMILES string of the molecule is CCOC(=O)Cn1c2c(sc1=O)[C@@H](c1ccco1)[C@@H]1C(=O)N(c3ccccc3)C(=O)[C@@H]1S2. The number of para-hydroxylation sites is 1. The number of amides is 2. The van der Waals surface area contributed by atoms with Gasteiger partial charge in [-0.05, 0) is 31.2 Å². The van der Waals surface area contributed by atoms with E-state index in [0.29, 0.717) is 21.4 Å². The van der Waals surface area contributed by atoms with Gasteiger partial charge < -0.3 is 9.15 Å². The first kappa shape index (κ1) is 20.8. The van der Waals surface area contributed by atoms with Crippen LogP contribution in [0.2, 0.25) is 0 Å². The monoisotopic (exact) mass is 470 g/mol. The highest BCUT2D eigenvalue weighted by atomic mass is 32.2. The summed E-state index contributed by atoms with van der Waals surface area (Å²) >= 11 is 2.13. The molecule has 0 N–H and O–H groups in total. The highest BCUT2D eigenvalue weighted by Gasteiger charge is 2.57. The predicted octanol–water partition coefficient (Wildman–Crippen LogP) is 2.86. The molecule has 1 aromatic carbocycles. The first-order valence-corrected chi connectivity index (χ1v) is 11.7. The lowest BCUT2D eigenvalue weighted by molar-refractivity contribution is -0.144. The van der Waals surface area contributed by atoms with Crippen molar-refractivity contribution in [2.24, 2.45) is 5.92 Å². The van der Waals surface area contributed by atoms with E-state index in [4.69, 9.17) is 9.15 Å². The van der Waals surface area contributed by atoms with E-state index in [2.05, 4.69) is 0 Å². The van der Waals surface area contributed by atoms with Crippen LogP contribution in [0.15, 0.2) is 63.0 Å². The maximum atomic E-state index is 13.5. The smallest absolute Gasteiger partial charge is 0.326 e. The van der Waals surface area contributed by atoms with Gasteiger partial charge in [0, 0.05) is 0 Å². The van der Waals surface area contributed by atoms with Gasteiger partial charge in [-0.25, -0.2) is 4.90 Å². The summed E-state index contributed by atoms with van der Waals surface area (Å²) in [6.07, 6.45) is 1.50. The molecule has 2 aliphatic rings. The Morgan fingerprint density at radius 1 is 1.09 bits per heavy atom. The van der Waals surface area contributed by atoms with E-state index in [1.54, 1.807) is 43.3 Å². The molecule has 1 fully saturated rings. The molecule has 3 atom stereocenters. The van der Waals surface area contributed by atoms with E-state index in [0.717, 1.165) is 23.1 Å². The number of furan rings is 1. The Kier molecular flexibility index (Phi) is 5.26. The number of carbonyl (C=O) groups excluding carboxylic acids is 3. The van der Waals surface area contributed by atoms with E-state index in [1.165, 1.54) is 15.7 Å². The summed E-state index contributed by atoms with van der Waals surface area (Å²) in [5.41, 5.74) is 0.503. The standard InChI is InChI=1S/C22H18N2O6S2/c1-2-29-14(25)11-23-21-18(32-22(23)28)15(13-9-6-10-30-13)16-17(31-21)20(27)24(19(16)26)12-7-4-3-5-8-12/h3-10,15-17H,2,11H2,1H3/t15-,16-,17+/m0/s1. The molecule has 5 rings (SSSR count). The summed E-state index contributed by atoms with van der Waals surface area (Å²) < 4.78 is 12.0. The quantitative estimate of drug-likeness (QED) is 0.418. The number of hydrogen-bond donors (Lipinski definition) is 0. The molecule has 0 unspecified atom stereocenters. The summed E-state index contributed by atoms with van der Waals surface area (Å²) in [7, 11) is 0. The van der Waals surface area contributed by atoms with Gasteiger partial charge in [0.15, 0.2) is 0 Å². The molecule has 0 bridgehead atoms. The fourth-order valence-electron chi connectivity index (χ4n) is 4.20. The number of fused-ring (bicyclic) bond motifs is 2. The van der Waals surface area contributed by atoms with Crippen LogP contribution < -0.4 is 9.77 Å². The van der Waals surface area contributed by atoms with Crippen molar-refractivity contribution in [2.75, 3.05) is 11.5 Å². The molecule has 2 amide bonds. The van der Waals surface area contributed by atoms with Gasteiger partial charge in [0.05, 0.1) is 40.3 Å². The Bertz CT molecular complexity index is 1250. The average Bonchev–Trinajstić information content (AvgIpc) is 3.47. The molecule has 4 heterocycles. The van der Waals surface area contributed by atoms with Crippen molar-refractivity contribution in [3.05, 3.63) is 69.0 Å².